The molecular weight excluding hydrogens is 404 g/mol. The molecule has 2 aromatic rings. The summed E-state index contributed by atoms with van der Waals surface area (Å²) in [4.78, 5) is 23.9. The van der Waals surface area contributed by atoms with Gasteiger partial charge in [0.25, 0.3) is 5.91 Å². The van der Waals surface area contributed by atoms with Crippen LogP contribution in [0, 0.1) is 0 Å². The number of carbonyl (C=O) groups is 2. The lowest BCUT2D eigenvalue weighted by molar-refractivity contribution is 0.0505. The van der Waals surface area contributed by atoms with E-state index in [-0.39, 0.29) is 17.0 Å². The fraction of sp³-hybridized carbons (Fsp3) is 0.167. The number of nitrogens with one attached hydrogen (secondary N) is 2. The Hall–Kier alpha value is -2.25. The number of hydrogen-bond donors (Lipinski definition) is 2. The third-order valence-electron chi connectivity index (χ3n) is 3.16. The first-order valence-corrected chi connectivity index (χ1v) is 8.85. The van der Waals surface area contributed by atoms with Gasteiger partial charge in [0.1, 0.15) is 0 Å². The number of thiocarbonyl (C=S) groups is 1. The highest BCUT2D eigenvalue weighted by Gasteiger charge is 2.11. The van der Waals surface area contributed by atoms with E-state index in [2.05, 4.69) is 26.6 Å². The Morgan fingerprint density at radius 1 is 1.12 bits per heavy atom. The lowest BCUT2D eigenvalue weighted by Crippen LogP contribution is -2.34. The first-order valence-electron chi connectivity index (χ1n) is 7.65. The zero-order valence-electron chi connectivity index (χ0n) is 13.5. The lowest BCUT2D eigenvalue weighted by Gasteiger charge is -2.11. The monoisotopic (exact) mass is 420 g/mol. The van der Waals surface area contributed by atoms with E-state index < -0.39 is 0 Å². The van der Waals surface area contributed by atoms with Crippen molar-refractivity contribution in [3.8, 4) is 0 Å². The van der Waals surface area contributed by atoms with E-state index in [9.17, 15) is 9.59 Å². The molecule has 0 aromatic heterocycles. The van der Waals surface area contributed by atoms with Gasteiger partial charge >= 0.3 is 5.97 Å². The third-order valence-corrected chi connectivity index (χ3v) is 4.06. The van der Waals surface area contributed by atoms with E-state index in [0.717, 1.165) is 6.42 Å². The van der Waals surface area contributed by atoms with Crippen LogP contribution in [0.3, 0.4) is 0 Å². The smallest absolute Gasteiger partial charge is 0.338 e. The van der Waals surface area contributed by atoms with Crippen molar-refractivity contribution in [1.82, 2.24) is 5.32 Å². The van der Waals surface area contributed by atoms with E-state index >= 15 is 0 Å². The van der Waals surface area contributed by atoms with Gasteiger partial charge in [0.05, 0.1) is 17.7 Å². The number of halogens is 1. The molecule has 5 nitrogen and oxygen atoms in total. The normalized spacial score (nSPS) is 10.0. The molecule has 25 heavy (non-hydrogen) atoms. The van der Waals surface area contributed by atoms with Crippen molar-refractivity contribution in [3.05, 3.63) is 64.1 Å². The predicted molar refractivity (Wildman–Crippen MR) is 105 cm³/mol. The Balaban J connectivity index is 1.93. The van der Waals surface area contributed by atoms with Gasteiger partial charge in [0.2, 0.25) is 0 Å². The maximum absolute atomic E-state index is 12.2. The van der Waals surface area contributed by atoms with E-state index in [4.69, 9.17) is 17.0 Å². The van der Waals surface area contributed by atoms with Crippen LogP contribution in [0.4, 0.5) is 5.69 Å². The Morgan fingerprint density at radius 2 is 1.80 bits per heavy atom. The van der Waals surface area contributed by atoms with Gasteiger partial charge in [0.15, 0.2) is 5.11 Å². The van der Waals surface area contributed by atoms with E-state index in [1.54, 1.807) is 42.5 Å². The summed E-state index contributed by atoms with van der Waals surface area (Å²) in [6, 6.07) is 13.7. The van der Waals surface area contributed by atoms with Crippen molar-refractivity contribution >= 4 is 50.8 Å². The van der Waals surface area contributed by atoms with Crippen molar-refractivity contribution < 1.29 is 14.3 Å². The zero-order chi connectivity index (χ0) is 18.2. The highest BCUT2D eigenvalue weighted by molar-refractivity contribution is 9.10. The van der Waals surface area contributed by atoms with Crippen LogP contribution in [0.25, 0.3) is 0 Å². The topological polar surface area (TPSA) is 67.4 Å². The number of amides is 1. The van der Waals surface area contributed by atoms with Gasteiger partial charge in [-0.2, -0.15) is 0 Å². The summed E-state index contributed by atoms with van der Waals surface area (Å²) in [5.41, 5.74) is 1.60. The number of ether oxygens (including phenoxy) is 1. The number of esters is 1. The molecule has 2 rings (SSSR count). The Kier molecular flexibility index (Phi) is 7.09. The van der Waals surface area contributed by atoms with Crippen molar-refractivity contribution in [2.24, 2.45) is 0 Å². The Labute approximate surface area is 159 Å². The summed E-state index contributed by atoms with van der Waals surface area (Å²) < 4.78 is 5.75. The van der Waals surface area contributed by atoms with Gasteiger partial charge in [-0.1, -0.05) is 19.1 Å². The summed E-state index contributed by atoms with van der Waals surface area (Å²) in [5, 5.41) is 5.68. The molecule has 0 radical (unpaired) electrons. The molecule has 0 aliphatic carbocycles. The predicted octanol–water partition coefficient (Wildman–Crippen LogP) is 4.14. The minimum atomic E-state index is -0.363. The highest BCUT2D eigenvalue weighted by atomic mass is 79.9. The molecule has 0 bridgehead atoms. The number of carbonyl (C=O) groups excluding carboxylic acids is 2. The lowest BCUT2D eigenvalue weighted by atomic mass is 10.2. The number of hydrogen-bond acceptors (Lipinski definition) is 4. The van der Waals surface area contributed by atoms with Crippen LogP contribution < -0.4 is 10.6 Å². The summed E-state index contributed by atoms with van der Waals surface area (Å²) >= 11 is 8.47. The van der Waals surface area contributed by atoms with E-state index in [1.807, 2.05) is 13.0 Å². The van der Waals surface area contributed by atoms with E-state index in [1.165, 1.54) is 0 Å². The molecular formula is C18H17BrN2O3S. The molecule has 0 fully saturated rings. The van der Waals surface area contributed by atoms with Gasteiger partial charge in [-0.05, 0) is 71.0 Å². The molecule has 0 aliphatic rings. The second-order valence-electron chi connectivity index (χ2n) is 5.10. The molecule has 0 heterocycles. The molecule has 0 spiro atoms. The molecule has 0 atom stereocenters. The average molecular weight is 421 g/mol. The van der Waals surface area contributed by atoms with Gasteiger partial charge in [-0.15, -0.1) is 0 Å². The number of benzene rings is 2. The molecule has 130 valence electrons. The maximum atomic E-state index is 12.2. The number of rotatable bonds is 5. The molecule has 0 saturated carbocycles. The van der Waals surface area contributed by atoms with Gasteiger partial charge in [0, 0.05) is 10.2 Å². The molecule has 2 N–H and O–H groups in total. The third kappa shape index (κ3) is 5.65. The Bertz CT molecular complexity index is 778. The molecule has 0 saturated heterocycles. The van der Waals surface area contributed by atoms with Crippen molar-refractivity contribution in [2.75, 3.05) is 11.9 Å². The van der Waals surface area contributed by atoms with Crippen molar-refractivity contribution in [2.45, 2.75) is 13.3 Å². The average Bonchev–Trinajstić information content (AvgIpc) is 2.60. The Morgan fingerprint density at radius 3 is 2.44 bits per heavy atom. The van der Waals surface area contributed by atoms with Gasteiger partial charge in [-0.3, -0.25) is 10.1 Å². The minimum Gasteiger partial charge on any atom is -0.462 e. The minimum absolute atomic E-state index is 0.169. The second kappa shape index (κ2) is 9.29. The van der Waals surface area contributed by atoms with Crippen LogP contribution in [0.15, 0.2) is 53.0 Å². The van der Waals surface area contributed by atoms with Crippen LogP contribution in [0.5, 0.6) is 0 Å². The quantitative estimate of drug-likeness (QED) is 0.561. The molecule has 7 heteroatoms. The SMILES string of the molecule is CCCOC(=O)c1ccc(NC(=S)NC(=O)c2ccccc2Br)cc1. The summed E-state index contributed by atoms with van der Waals surface area (Å²) in [6.07, 6.45) is 0.775. The summed E-state index contributed by atoms with van der Waals surface area (Å²) in [6.45, 7) is 2.33. The fourth-order valence-corrected chi connectivity index (χ4v) is 2.62. The molecule has 1 amide bonds. The zero-order valence-corrected chi connectivity index (χ0v) is 15.9. The van der Waals surface area contributed by atoms with Crippen LogP contribution in [0.2, 0.25) is 0 Å². The maximum Gasteiger partial charge on any atom is 0.338 e. The molecule has 0 aliphatic heterocycles. The first kappa shape index (κ1) is 19.1. The van der Waals surface area contributed by atoms with Gasteiger partial charge in [-0.25, -0.2) is 4.79 Å². The molecule has 0 unspecified atom stereocenters. The second-order valence-corrected chi connectivity index (χ2v) is 6.36. The van der Waals surface area contributed by atoms with Crippen LogP contribution in [-0.2, 0) is 4.74 Å². The number of anilines is 1. The van der Waals surface area contributed by atoms with Crippen LogP contribution >= 0.6 is 28.1 Å². The van der Waals surface area contributed by atoms with Crippen molar-refractivity contribution in [1.29, 1.82) is 0 Å². The highest BCUT2D eigenvalue weighted by Crippen LogP contribution is 2.16. The van der Waals surface area contributed by atoms with Gasteiger partial charge < -0.3 is 10.1 Å². The standard InChI is InChI=1S/C18H17BrN2O3S/c1-2-11-24-17(23)12-7-9-13(10-8-12)20-18(25)21-16(22)14-5-3-4-6-15(14)19/h3-10H,2,11H2,1H3,(H2,20,21,22,25). The van der Waals surface area contributed by atoms with Crippen LogP contribution in [-0.4, -0.2) is 23.6 Å². The van der Waals surface area contributed by atoms with E-state index in [0.29, 0.717) is 27.9 Å². The fourth-order valence-electron chi connectivity index (χ4n) is 1.95. The summed E-state index contributed by atoms with van der Waals surface area (Å²) in [5.74, 6) is -0.678. The molecule has 2 aromatic carbocycles. The first-order chi connectivity index (χ1) is 12.0. The van der Waals surface area contributed by atoms with Crippen molar-refractivity contribution in [3.63, 3.8) is 0 Å². The van der Waals surface area contributed by atoms with Crippen LogP contribution in [0.1, 0.15) is 34.1 Å². The summed E-state index contributed by atoms with van der Waals surface area (Å²) in [7, 11) is 0. The largest absolute Gasteiger partial charge is 0.462 e.